The van der Waals surface area contributed by atoms with Gasteiger partial charge in [-0.25, -0.2) is 0 Å². The molecular formula is C17H28N2. The SMILES string of the molecule is CCN1CCN(c2ccc(CC(C)(C)C)cc2)CC1. The van der Waals surface area contributed by atoms with Crippen LogP contribution in [0.5, 0.6) is 0 Å². The summed E-state index contributed by atoms with van der Waals surface area (Å²) in [6, 6.07) is 9.19. The van der Waals surface area contributed by atoms with Gasteiger partial charge < -0.3 is 9.80 Å². The first kappa shape index (κ1) is 14.4. The van der Waals surface area contributed by atoms with Gasteiger partial charge in [0, 0.05) is 31.9 Å². The second-order valence-electron chi connectivity index (χ2n) is 6.83. The molecule has 2 rings (SSSR count). The van der Waals surface area contributed by atoms with Crippen molar-refractivity contribution in [2.45, 2.75) is 34.1 Å². The Morgan fingerprint density at radius 3 is 2.00 bits per heavy atom. The molecule has 1 aromatic carbocycles. The molecule has 0 radical (unpaired) electrons. The van der Waals surface area contributed by atoms with Crippen molar-refractivity contribution in [2.24, 2.45) is 5.41 Å². The number of rotatable bonds is 3. The molecule has 1 heterocycles. The quantitative estimate of drug-likeness (QED) is 0.821. The Bertz CT molecular complexity index is 381. The van der Waals surface area contributed by atoms with E-state index in [1.54, 1.807) is 0 Å². The van der Waals surface area contributed by atoms with Gasteiger partial charge in [-0.1, -0.05) is 39.8 Å². The monoisotopic (exact) mass is 260 g/mol. The van der Waals surface area contributed by atoms with E-state index in [1.165, 1.54) is 30.9 Å². The average molecular weight is 260 g/mol. The summed E-state index contributed by atoms with van der Waals surface area (Å²) in [4.78, 5) is 5.03. The van der Waals surface area contributed by atoms with E-state index in [0.717, 1.165) is 19.5 Å². The normalized spacial score (nSPS) is 17.8. The molecule has 1 aliphatic heterocycles. The fourth-order valence-electron chi connectivity index (χ4n) is 2.76. The fourth-order valence-corrected chi connectivity index (χ4v) is 2.76. The van der Waals surface area contributed by atoms with Crippen LogP contribution in [0.3, 0.4) is 0 Å². The highest BCUT2D eigenvalue weighted by molar-refractivity contribution is 5.48. The molecule has 0 amide bonds. The third-order valence-corrected chi connectivity index (χ3v) is 3.86. The Morgan fingerprint density at radius 1 is 0.947 bits per heavy atom. The fraction of sp³-hybridized carbons (Fsp3) is 0.647. The molecule has 1 aliphatic rings. The molecule has 0 aromatic heterocycles. The Balaban J connectivity index is 1.95. The van der Waals surface area contributed by atoms with Gasteiger partial charge >= 0.3 is 0 Å². The van der Waals surface area contributed by atoms with E-state index < -0.39 is 0 Å². The smallest absolute Gasteiger partial charge is 0.0367 e. The van der Waals surface area contributed by atoms with Crippen molar-refractivity contribution >= 4 is 5.69 Å². The van der Waals surface area contributed by atoms with E-state index in [0.29, 0.717) is 5.41 Å². The van der Waals surface area contributed by atoms with E-state index in [1.807, 2.05) is 0 Å². The van der Waals surface area contributed by atoms with Crippen molar-refractivity contribution in [3.63, 3.8) is 0 Å². The van der Waals surface area contributed by atoms with Gasteiger partial charge in [-0.2, -0.15) is 0 Å². The van der Waals surface area contributed by atoms with Crippen LogP contribution in [0.15, 0.2) is 24.3 Å². The molecule has 0 atom stereocenters. The predicted molar refractivity (Wildman–Crippen MR) is 83.9 cm³/mol. The highest BCUT2D eigenvalue weighted by Gasteiger charge is 2.16. The summed E-state index contributed by atoms with van der Waals surface area (Å²) < 4.78 is 0. The predicted octanol–water partition coefficient (Wildman–Crippen LogP) is 3.42. The second kappa shape index (κ2) is 5.96. The zero-order chi connectivity index (χ0) is 13.9. The number of benzene rings is 1. The number of nitrogens with zero attached hydrogens (tertiary/aromatic N) is 2. The Labute approximate surface area is 118 Å². The van der Waals surface area contributed by atoms with Gasteiger partial charge in [0.1, 0.15) is 0 Å². The van der Waals surface area contributed by atoms with E-state index >= 15 is 0 Å². The molecule has 19 heavy (non-hydrogen) atoms. The van der Waals surface area contributed by atoms with Crippen LogP contribution in [-0.2, 0) is 6.42 Å². The Hall–Kier alpha value is -1.02. The number of piperazine rings is 1. The third-order valence-electron chi connectivity index (χ3n) is 3.86. The van der Waals surface area contributed by atoms with Crippen LogP contribution in [0.25, 0.3) is 0 Å². The number of anilines is 1. The van der Waals surface area contributed by atoms with Crippen LogP contribution in [0.2, 0.25) is 0 Å². The molecule has 106 valence electrons. The number of hydrogen-bond acceptors (Lipinski definition) is 2. The van der Waals surface area contributed by atoms with E-state index in [4.69, 9.17) is 0 Å². The van der Waals surface area contributed by atoms with Crippen molar-refractivity contribution in [2.75, 3.05) is 37.6 Å². The maximum Gasteiger partial charge on any atom is 0.0367 e. The topological polar surface area (TPSA) is 6.48 Å². The minimum absolute atomic E-state index is 0.369. The first-order valence-corrected chi connectivity index (χ1v) is 7.54. The minimum atomic E-state index is 0.369. The maximum absolute atomic E-state index is 2.52. The summed E-state index contributed by atoms with van der Waals surface area (Å²) in [6.07, 6.45) is 1.15. The molecule has 0 N–H and O–H groups in total. The van der Waals surface area contributed by atoms with Gasteiger partial charge in [-0.05, 0) is 36.1 Å². The van der Waals surface area contributed by atoms with Crippen molar-refractivity contribution in [1.82, 2.24) is 4.90 Å². The molecule has 2 heteroatoms. The third kappa shape index (κ3) is 4.24. The zero-order valence-electron chi connectivity index (χ0n) is 12.9. The van der Waals surface area contributed by atoms with Crippen molar-refractivity contribution in [3.05, 3.63) is 29.8 Å². The zero-order valence-corrected chi connectivity index (χ0v) is 12.9. The largest absolute Gasteiger partial charge is 0.369 e. The molecule has 0 unspecified atom stereocenters. The van der Waals surface area contributed by atoms with Crippen molar-refractivity contribution in [3.8, 4) is 0 Å². The molecule has 1 fully saturated rings. The summed E-state index contributed by atoms with van der Waals surface area (Å²) in [7, 11) is 0. The van der Waals surface area contributed by atoms with Crippen LogP contribution >= 0.6 is 0 Å². The summed E-state index contributed by atoms with van der Waals surface area (Å²) in [5, 5.41) is 0. The van der Waals surface area contributed by atoms with Gasteiger partial charge in [-0.3, -0.25) is 0 Å². The molecule has 0 bridgehead atoms. The lowest BCUT2D eigenvalue weighted by Crippen LogP contribution is -2.46. The van der Waals surface area contributed by atoms with Gasteiger partial charge in [0.05, 0.1) is 0 Å². The van der Waals surface area contributed by atoms with Crippen LogP contribution in [-0.4, -0.2) is 37.6 Å². The highest BCUT2D eigenvalue weighted by Crippen LogP contribution is 2.23. The van der Waals surface area contributed by atoms with Crippen LogP contribution in [0, 0.1) is 5.41 Å². The van der Waals surface area contributed by atoms with Crippen LogP contribution in [0.1, 0.15) is 33.3 Å². The van der Waals surface area contributed by atoms with E-state index in [-0.39, 0.29) is 0 Å². The summed E-state index contributed by atoms with van der Waals surface area (Å²) in [6.45, 7) is 15.0. The van der Waals surface area contributed by atoms with E-state index in [2.05, 4.69) is 61.8 Å². The molecule has 1 saturated heterocycles. The highest BCUT2D eigenvalue weighted by atomic mass is 15.3. The van der Waals surface area contributed by atoms with Gasteiger partial charge in [-0.15, -0.1) is 0 Å². The molecule has 0 spiro atoms. The minimum Gasteiger partial charge on any atom is -0.369 e. The first-order chi connectivity index (χ1) is 8.98. The first-order valence-electron chi connectivity index (χ1n) is 7.54. The van der Waals surface area contributed by atoms with Gasteiger partial charge in [0.2, 0.25) is 0 Å². The lowest BCUT2D eigenvalue weighted by atomic mass is 9.88. The summed E-state index contributed by atoms with van der Waals surface area (Å²) in [5.41, 5.74) is 3.20. The molecular weight excluding hydrogens is 232 g/mol. The van der Waals surface area contributed by atoms with Gasteiger partial charge in [0.15, 0.2) is 0 Å². The molecule has 0 aliphatic carbocycles. The summed E-state index contributed by atoms with van der Waals surface area (Å²) in [5.74, 6) is 0. The molecule has 2 nitrogen and oxygen atoms in total. The molecule has 0 saturated carbocycles. The Kier molecular flexibility index (Phi) is 4.51. The van der Waals surface area contributed by atoms with Gasteiger partial charge in [0.25, 0.3) is 0 Å². The second-order valence-corrected chi connectivity index (χ2v) is 6.83. The molecule has 1 aromatic rings. The van der Waals surface area contributed by atoms with Crippen molar-refractivity contribution < 1.29 is 0 Å². The number of hydrogen-bond donors (Lipinski definition) is 0. The average Bonchev–Trinajstić information content (AvgIpc) is 2.38. The lowest BCUT2D eigenvalue weighted by Gasteiger charge is -2.35. The Morgan fingerprint density at radius 2 is 1.53 bits per heavy atom. The van der Waals surface area contributed by atoms with Crippen LogP contribution < -0.4 is 4.90 Å². The lowest BCUT2D eigenvalue weighted by molar-refractivity contribution is 0.271. The van der Waals surface area contributed by atoms with Crippen molar-refractivity contribution in [1.29, 1.82) is 0 Å². The number of likely N-dealkylation sites (N-methyl/N-ethyl adjacent to an activating group) is 1. The maximum atomic E-state index is 2.52. The van der Waals surface area contributed by atoms with E-state index in [9.17, 15) is 0 Å². The van der Waals surface area contributed by atoms with Crippen LogP contribution in [0.4, 0.5) is 5.69 Å². The summed E-state index contributed by atoms with van der Waals surface area (Å²) >= 11 is 0. The standard InChI is InChI=1S/C17H28N2/c1-5-18-10-12-19(13-11-18)16-8-6-15(7-9-16)14-17(2,3)4/h6-9H,5,10-14H2,1-4H3.